The van der Waals surface area contributed by atoms with Crippen LogP contribution in [0.3, 0.4) is 0 Å². The molecule has 1 fully saturated rings. The van der Waals surface area contributed by atoms with Gasteiger partial charge in [0.2, 0.25) is 11.8 Å². The van der Waals surface area contributed by atoms with Crippen LogP contribution in [0.5, 0.6) is 0 Å². The largest absolute Gasteiger partial charge is 0.352 e. The van der Waals surface area contributed by atoms with Crippen molar-refractivity contribution in [2.45, 2.75) is 37.1 Å². The number of rotatable bonds is 5. The number of amides is 2. The highest BCUT2D eigenvalue weighted by Gasteiger charge is 2.39. The maximum absolute atomic E-state index is 12.3. The first-order valence-electron chi connectivity index (χ1n) is 7.62. The van der Waals surface area contributed by atoms with Crippen LogP contribution >= 0.6 is 0 Å². The zero-order valence-electron chi connectivity index (χ0n) is 13.4. The molecule has 0 saturated carbocycles. The standard InChI is InChI=1S/C16H22N2O4S/c1-16(2)15(20)17-10-11-18(16)14(19)9-6-12-23(21,22)13-7-4-3-5-8-13/h3-5,7-8H,6,9-12H2,1-2H3,(H,17,20). The van der Waals surface area contributed by atoms with E-state index in [9.17, 15) is 18.0 Å². The van der Waals surface area contributed by atoms with E-state index < -0.39 is 15.4 Å². The summed E-state index contributed by atoms with van der Waals surface area (Å²) in [4.78, 5) is 26.0. The molecule has 0 atom stereocenters. The van der Waals surface area contributed by atoms with E-state index in [1.165, 1.54) is 4.90 Å². The third kappa shape index (κ3) is 3.90. The Morgan fingerprint density at radius 1 is 1.26 bits per heavy atom. The molecule has 2 amide bonds. The Morgan fingerprint density at radius 3 is 2.57 bits per heavy atom. The van der Waals surface area contributed by atoms with Crippen LogP contribution in [0.2, 0.25) is 0 Å². The van der Waals surface area contributed by atoms with Crippen molar-refractivity contribution in [1.29, 1.82) is 0 Å². The fraction of sp³-hybridized carbons (Fsp3) is 0.500. The molecule has 1 aromatic rings. The Kier molecular flexibility index (Phi) is 5.09. The van der Waals surface area contributed by atoms with Crippen LogP contribution in [-0.2, 0) is 19.4 Å². The zero-order chi connectivity index (χ0) is 17.1. The van der Waals surface area contributed by atoms with Gasteiger partial charge in [-0.1, -0.05) is 18.2 Å². The molecule has 7 heteroatoms. The molecule has 2 rings (SSSR count). The molecular weight excluding hydrogens is 316 g/mol. The van der Waals surface area contributed by atoms with E-state index in [1.54, 1.807) is 44.2 Å². The van der Waals surface area contributed by atoms with Crippen LogP contribution in [0.15, 0.2) is 35.2 Å². The summed E-state index contributed by atoms with van der Waals surface area (Å²) in [7, 11) is -3.38. The third-order valence-corrected chi connectivity index (χ3v) is 5.88. The molecule has 1 aliphatic heterocycles. The summed E-state index contributed by atoms with van der Waals surface area (Å²) in [6, 6.07) is 8.20. The molecule has 1 heterocycles. The van der Waals surface area contributed by atoms with Crippen LogP contribution < -0.4 is 5.32 Å². The van der Waals surface area contributed by atoms with Crippen LogP contribution in [0.25, 0.3) is 0 Å². The second-order valence-corrected chi connectivity index (χ2v) is 8.20. The first-order valence-corrected chi connectivity index (χ1v) is 9.27. The van der Waals surface area contributed by atoms with Crippen molar-refractivity contribution in [2.75, 3.05) is 18.8 Å². The van der Waals surface area contributed by atoms with E-state index in [0.717, 1.165) is 0 Å². The highest BCUT2D eigenvalue weighted by Crippen LogP contribution is 2.20. The third-order valence-electron chi connectivity index (χ3n) is 4.06. The van der Waals surface area contributed by atoms with E-state index >= 15 is 0 Å². The van der Waals surface area contributed by atoms with Crippen molar-refractivity contribution >= 4 is 21.7 Å². The van der Waals surface area contributed by atoms with E-state index in [1.807, 2.05) is 0 Å². The van der Waals surface area contributed by atoms with E-state index in [0.29, 0.717) is 13.1 Å². The first kappa shape index (κ1) is 17.5. The molecule has 1 aromatic carbocycles. The molecule has 6 nitrogen and oxygen atoms in total. The lowest BCUT2D eigenvalue weighted by Gasteiger charge is -2.41. The van der Waals surface area contributed by atoms with Crippen molar-refractivity contribution in [1.82, 2.24) is 10.2 Å². The molecule has 0 aromatic heterocycles. The summed E-state index contributed by atoms with van der Waals surface area (Å²) in [5.41, 5.74) is -0.895. The van der Waals surface area contributed by atoms with E-state index in [-0.39, 0.29) is 35.3 Å². The Balaban J connectivity index is 1.94. The summed E-state index contributed by atoms with van der Waals surface area (Å²) < 4.78 is 24.4. The molecule has 1 N–H and O–H groups in total. The lowest BCUT2D eigenvalue weighted by molar-refractivity contribution is -0.149. The number of carbonyl (C=O) groups excluding carboxylic acids is 2. The van der Waals surface area contributed by atoms with Gasteiger partial charge in [-0.25, -0.2) is 8.42 Å². The minimum atomic E-state index is -3.38. The predicted molar refractivity (Wildman–Crippen MR) is 86.5 cm³/mol. The van der Waals surface area contributed by atoms with Gasteiger partial charge >= 0.3 is 0 Å². The summed E-state index contributed by atoms with van der Waals surface area (Å²) in [6.45, 7) is 4.26. The van der Waals surface area contributed by atoms with E-state index in [2.05, 4.69) is 5.32 Å². The minimum absolute atomic E-state index is 0.0801. The van der Waals surface area contributed by atoms with Crippen LogP contribution in [0.4, 0.5) is 0 Å². The molecule has 126 valence electrons. The van der Waals surface area contributed by atoms with Gasteiger partial charge in [-0.3, -0.25) is 9.59 Å². The molecule has 23 heavy (non-hydrogen) atoms. The SMILES string of the molecule is CC1(C)C(=O)NCCN1C(=O)CCCS(=O)(=O)c1ccccc1. The highest BCUT2D eigenvalue weighted by atomic mass is 32.2. The number of hydrogen-bond acceptors (Lipinski definition) is 4. The van der Waals surface area contributed by atoms with Gasteiger partial charge in [0, 0.05) is 19.5 Å². The predicted octanol–water partition coefficient (Wildman–Crippen LogP) is 0.977. The van der Waals surface area contributed by atoms with Gasteiger partial charge in [0.05, 0.1) is 10.6 Å². The number of sulfone groups is 1. The lowest BCUT2D eigenvalue weighted by atomic mass is 9.98. The maximum atomic E-state index is 12.3. The van der Waals surface area contributed by atoms with Crippen molar-refractivity contribution in [2.24, 2.45) is 0 Å². The molecule has 1 saturated heterocycles. The fourth-order valence-electron chi connectivity index (χ4n) is 2.63. The molecule has 0 radical (unpaired) electrons. The van der Waals surface area contributed by atoms with Gasteiger partial charge in [0.15, 0.2) is 9.84 Å². The second kappa shape index (κ2) is 6.70. The number of piperazine rings is 1. The monoisotopic (exact) mass is 338 g/mol. The molecule has 0 spiro atoms. The van der Waals surface area contributed by atoms with Crippen molar-refractivity contribution in [3.63, 3.8) is 0 Å². The van der Waals surface area contributed by atoms with Gasteiger partial charge < -0.3 is 10.2 Å². The molecule has 0 bridgehead atoms. The molecule has 0 unspecified atom stereocenters. The summed E-state index contributed by atoms with van der Waals surface area (Å²) in [6.07, 6.45) is 0.354. The van der Waals surface area contributed by atoms with Crippen LogP contribution in [-0.4, -0.2) is 49.5 Å². The number of hydrogen-bond donors (Lipinski definition) is 1. The summed E-state index contributed by atoms with van der Waals surface area (Å²) in [5, 5.41) is 2.73. The van der Waals surface area contributed by atoms with E-state index in [4.69, 9.17) is 0 Å². The molecule has 0 aliphatic carbocycles. The average molecular weight is 338 g/mol. The average Bonchev–Trinajstić information content (AvgIpc) is 2.50. The Labute approximate surface area is 136 Å². The summed E-state index contributed by atoms with van der Waals surface area (Å²) >= 11 is 0. The highest BCUT2D eigenvalue weighted by molar-refractivity contribution is 7.91. The lowest BCUT2D eigenvalue weighted by Crippen LogP contribution is -2.63. The van der Waals surface area contributed by atoms with Gasteiger partial charge in [-0.05, 0) is 32.4 Å². The topological polar surface area (TPSA) is 83.6 Å². The van der Waals surface area contributed by atoms with Crippen molar-refractivity contribution < 1.29 is 18.0 Å². The smallest absolute Gasteiger partial charge is 0.245 e. The number of nitrogens with zero attached hydrogens (tertiary/aromatic N) is 1. The van der Waals surface area contributed by atoms with Crippen molar-refractivity contribution in [3.8, 4) is 0 Å². The normalized spacial score (nSPS) is 17.7. The zero-order valence-corrected chi connectivity index (χ0v) is 14.2. The number of carbonyl (C=O) groups is 2. The Bertz CT molecular complexity index is 683. The Morgan fingerprint density at radius 2 is 1.91 bits per heavy atom. The maximum Gasteiger partial charge on any atom is 0.245 e. The van der Waals surface area contributed by atoms with Crippen LogP contribution in [0, 0.1) is 0 Å². The first-order chi connectivity index (χ1) is 10.7. The van der Waals surface area contributed by atoms with Gasteiger partial charge in [-0.15, -0.1) is 0 Å². The molecule has 1 aliphatic rings. The van der Waals surface area contributed by atoms with Crippen LogP contribution in [0.1, 0.15) is 26.7 Å². The second-order valence-electron chi connectivity index (χ2n) is 6.10. The molecular formula is C16H22N2O4S. The fourth-order valence-corrected chi connectivity index (χ4v) is 3.96. The van der Waals surface area contributed by atoms with Gasteiger partial charge in [0.25, 0.3) is 0 Å². The summed E-state index contributed by atoms with van der Waals surface area (Å²) in [5.74, 6) is -0.453. The number of benzene rings is 1. The minimum Gasteiger partial charge on any atom is -0.352 e. The van der Waals surface area contributed by atoms with Crippen molar-refractivity contribution in [3.05, 3.63) is 30.3 Å². The number of nitrogens with one attached hydrogen (secondary N) is 1. The quantitative estimate of drug-likeness (QED) is 0.867. The van der Waals surface area contributed by atoms with Gasteiger partial charge in [-0.2, -0.15) is 0 Å². The Hall–Kier alpha value is -1.89. The van der Waals surface area contributed by atoms with Gasteiger partial charge in [0.1, 0.15) is 5.54 Å².